The van der Waals surface area contributed by atoms with Gasteiger partial charge in [0.25, 0.3) is 0 Å². The summed E-state index contributed by atoms with van der Waals surface area (Å²) in [5.41, 5.74) is 10.7. The molecule has 3 aromatic rings. The molecule has 0 unspecified atom stereocenters. The second-order valence-corrected chi connectivity index (χ2v) is 10.1. The number of hydrogen-bond donors (Lipinski definition) is 2. The number of aryl methyl sites for hydroxylation is 2. The number of benzene rings is 2. The zero-order valence-corrected chi connectivity index (χ0v) is 18.0. The molecule has 0 radical (unpaired) electrons. The molecule has 0 atom stereocenters. The van der Waals surface area contributed by atoms with Gasteiger partial charge in [0.05, 0.1) is 27.3 Å². The summed E-state index contributed by atoms with van der Waals surface area (Å²) < 4.78 is 40.8. The van der Waals surface area contributed by atoms with Crippen molar-refractivity contribution in [2.75, 3.05) is 10.5 Å². The molecule has 0 spiro atoms. The molecule has 4 rings (SSSR count). The van der Waals surface area contributed by atoms with Crippen LogP contribution in [0.5, 0.6) is 0 Å². The number of nitrogens with two attached hydrogens (primary N) is 1. The molecule has 1 heterocycles. The molecule has 0 saturated heterocycles. The van der Waals surface area contributed by atoms with Gasteiger partial charge in [-0.25, -0.2) is 22.8 Å². The van der Waals surface area contributed by atoms with Crippen LogP contribution >= 0.6 is 11.6 Å². The first kappa shape index (κ1) is 20.6. The first-order chi connectivity index (χ1) is 14.2. The third-order valence-electron chi connectivity index (χ3n) is 5.09. The second-order valence-electron chi connectivity index (χ2n) is 7.44. The molecule has 0 bridgehead atoms. The van der Waals surface area contributed by atoms with E-state index in [1.54, 1.807) is 38.1 Å². The van der Waals surface area contributed by atoms with E-state index < -0.39 is 15.3 Å². The van der Waals surface area contributed by atoms with Crippen molar-refractivity contribution in [2.24, 2.45) is 0 Å². The first-order valence-corrected chi connectivity index (χ1v) is 11.3. The van der Waals surface area contributed by atoms with E-state index in [0.29, 0.717) is 34.8 Å². The summed E-state index contributed by atoms with van der Waals surface area (Å²) in [5, 5.41) is -0.295. The van der Waals surface area contributed by atoms with E-state index >= 15 is 0 Å². The Kier molecular flexibility index (Phi) is 5.15. The summed E-state index contributed by atoms with van der Waals surface area (Å²) in [5.74, 6) is -0.224. The molecule has 6 nitrogen and oxygen atoms in total. The standard InChI is InChI=1S/C21H20ClFN4O2S/c1-11(2)30(28,29)27-18-10-15-13(9-16(18)22)5-8-17-19(15)20(26-21(24)25-17)12-3-6-14(23)7-4-12/h3-4,6-7,9-11,27H,5,8H2,1-2H3,(H2,24,25,26). The Bertz CT molecular complexity index is 1240. The lowest BCUT2D eigenvalue weighted by molar-refractivity contribution is 0.593. The van der Waals surface area contributed by atoms with E-state index in [0.717, 1.165) is 22.4 Å². The molecule has 2 aromatic carbocycles. The zero-order chi connectivity index (χ0) is 21.6. The van der Waals surface area contributed by atoms with E-state index in [1.807, 2.05) is 0 Å². The summed E-state index contributed by atoms with van der Waals surface area (Å²) in [6.07, 6.45) is 1.31. The third-order valence-corrected chi connectivity index (χ3v) is 7.14. The van der Waals surface area contributed by atoms with Crippen molar-refractivity contribution >= 4 is 33.3 Å². The highest BCUT2D eigenvalue weighted by Gasteiger charge is 2.26. The Balaban J connectivity index is 1.93. The van der Waals surface area contributed by atoms with Crippen LogP contribution in [0.4, 0.5) is 16.0 Å². The van der Waals surface area contributed by atoms with Crippen LogP contribution in [0.15, 0.2) is 36.4 Å². The van der Waals surface area contributed by atoms with E-state index in [4.69, 9.17) is 17.3 Å². The molecular formula is C21H20ClFN4O2S. The van der Waals surface area contributed by atoms with Crippen molar-refractivity contribution in [1.82, 2.24) is 9.97 Å². The van der Waals surface area contributed by atoms with Crippen LogP contribution in [0.25, 0.3) is 22.4 Å². The first-order valence-electron chi connectivity index (χ1n) is 9.42. The number of fused-ring (bicyclic) bond motifs is 3. The predicted molar refractivity (Wildman–Crippen MR) is 117 cm³/mol. The average Bonchev–Trinajstić information content (AvgIpc) is 2.68. The molecule has 1 aliphatic rings. The highest BCUT2D eigenvalue weighted by atomic mass is 35.5. The molecule has 1 aromatic heterocycles. The fourth-order valence-electron chi connectivity index (χ4n) is 3.46. The van der Waals surface area contributed by atoms with Crippen molar-refractivity contribution in [2.45, 2.75) is 31.9 Å². The average molecular weight is 447 g/mol. The van der Waals surface area contributed by atoms with Gasteiger partial charge in [-0.2, -0.15) is 0 Å². The maximum absolute atomic E-state index is 13.4. The maximum atomic E-state index is 13.4. The van der Waals surface area contributed by atoms with Gasteiger partial charge in [-0.15, -0.1) is 0 Å². The van der Waals surface area contributed by atoms with Crippen LogP contribution in [0, 0.1) is 5.82 Å². The number of aromatic nitrogens is 2. The van der Waals surface area contributed by atoms with Gasteiger partial charge >= 0.3 is 0 Å². The number of anilines is 2. The zero-order valence-electron chi connectivity index (χ0n) is 16.4. The molecule has 30 heavy (non-hydrogen) atoms. The van der Waals surface area contributed by atoms with Gasteiger partial charge in [0, 0.05) is 11.1 Å². The van der Waals surface area contributed by atoms with Crippen LogP contribution < -0.4 is 10.5 Å². The van der Waals surface area contributed by atoms with E-state index in [9.17, 15) is 12.8 Å². The highest BCUT2D eigenvalue weighted by Crippen LogP contribution is 2.42. The summed E-state index contributed by atoms with van der Waals surface area (Å²) in [7, 11) is -3.58. The van der Waals surface area contributed by atoms with Crippen LogP contribution in [-0.4, -0.2) is 23.6 Å². The molecule has 1 aliphatic carbocycles. The molecule has 0 amide bonds. The minimum absolute atomic E-state index is 0.131. The SMILES string of the molecule is CC(C)S(=O)(=O)Nc1cc2c(cc1Cl)CCc1nc(N)nc(-c3ccc(F)cc3)c1-2. The van der Waals surface area contributed by atoms with Gasteiger partial charge < -0.3 is 5.73 Å². The Morgan fingerprint density at radius 1 is 1.13 bits per heavy atom. The summed E-state index contributed by atoms with van der Waals surface area (Å²) >= 11 is 6.38. The summed E-state index contributed by atoms with van der Waals surface area (Å²) in [6, 6.07) is 9.44. The van der Waals surface area contributed by atoms with E-state index in [1.165, 1.54) is 12.1 Å². The van der Waals surface area contributed by atoms with Gasteiger partial charge in [0.1, 0.15) is 5.82 Å². The van der Waals surface area contributed by atoms with Gasteiger partial charge in [-0.3, -0.25) is 4.72 Å². The predicted octanol–water partition coefficient (Wildman–Crippen LogP) is 4.43. The van der Waals surface area contributed by atoms with Gasteiger partial charge in [-0.05, 0) is 74.2 Å². The van der Waals surface area contributed by atoms with Crippen molar-refractivity contribution in [3.63, 3.8) is 0 Å². The van der Waals surface area contributed by atoms with Gasteiger partial charge in [0.15, 0.2) is 0 Å². The summed E-state index contributed by atoms with van der Waals surface area (Å²) in [4.78, 5) is 8.80. The fraction of sp³-hybridized carbons (Fsp3) is 0.238. The van der Waals surface area contributed by atoms with Crippen molar-refractivity contribution in [3.05, 3.63) is 58.5 Å². The number of sulfonamides is 1. The molecule has 0 fully saturated rings. The lowest BCUT2D eigenvalue weighted by Gasteiger charge is -2.24. The quantitative estimate of drug-likeness (QED) is 0.617. The van der Waals surface area contributed by atoms with Crippen molar-refractivity contribution in [3.8, 4) is 22.4 Å². The fourth-order valence-corrected chi connectivity index (χ4v) is 4.46. The number of rotatable bonds is 4. The van der Waals surface area contributed by atoms with Crippen molar-refractivity contribution < 1.29 is 12.8 Å². The van der Waals surface area contributed by atoms with Crippen LogP contribution in [0.3, 0.4) is 0 Å². The molecular weight excluding hydrogens is 427 g/mol. The number of nitrogens with one attached hydrogen (secondary N) is 1. The van der Waals surface area contributed by atoms with E-state index in [2.05, 4.69) is 14.7 Å². The monoisotopic (exact) mass is 446 g/mol. The number of nitrogen functional groups attached to an aromatic ring is 1. The molecule has 3 N–H and O–H groups in total. The molecule has 9 heteroatoms. The highest BCUT2D eigenvalue weighted by molar-refractivity contribution is 7.93. The lowest BCUT2D eigenvalue weighted by Crippen LogP contribution is -2.23. The van der Waals surface area contributed by atoms with Gasteiger partial charge in [-0.1, -0.05) is 11.6 Å². The van der Waals surface area contributed by atoms with E-state index in [-0.39, 0.29) is 11.8 Å². The largest absolute Gasteiger partial charge is 0.368 e. The minimum Gasteiger partial charge on any atom is -0.368 e. The Morgan fingerprint density at radius 2 is 1.83 bits per heavy atom. The number of halogens is 2. The van der Waals surface area contributed by atoms with Crippen LogP contribution in [0.1, 0.15) is 25.1 Å². The smallest absolute Gasteiger partial charge is 0.235 e. The lowest BCUT2D eigenvalue weighted by atomic mass is 9.86. The molecule has 156 valence electrons. The Hall–Kier alpha value is -2.71. The Morgan fingerprint density at radius 3 is 2.50 bits per heavy atom. The maximum Gasteiger partial charge on any atom is 0.235 e. The van der Waals surface area contributed by atoms with Crippen LogP contribution in [0.2, 0.25) is 5.02 Å². The van der Waals surface area contributed by atoms with Crippen molar-refractivity contribution in [1.29, 1.82) is 0 Å². The topological polar surface area (TPSA) is 98.0 Å². The summed E-state index contributed by atoms with van der Waals surface area (Å²) in [6.45, 7) is 3.18. The number of hydrogen-bond acceptors (Lipinski definition) is 5. The molecule has 0 aliphatic heterocycles. The number of nitrogens with zero attached hydrogens (tertiary/aromatic N) is 2. The molecule has 0 saturated carbocycles. The van der Waals surface area contributed by atoms with Gasteiger partial charge in [0.2, 0.25) is 16.0 Å². The second kappa shape index (κ2) is 7.52. The minimum atomic E-state index is -3.58. The Labute approximate surface area is 179 Å². The van der Waals surface area contributed by atoms with Crippen LogP contribution in [-0.2, 0) is 22.9 Å². The normalized spacial score (nSPS) is 13.1. The third kappa shape index (κ3) is 3.73.